The Hall–Kier alpha value is -1.83. The molecular weight excluding hydrogens is 330 g/mol. The second-order valence-corrected chi connectivity index (χ2v) is 6.33. The molecule has 0 saturated heterocycles. The summed E-state index contributed by atoms with van der Waals surface area (Å²) in [6.45, 7) is 2.84. The minimum atomic E-state index is -4.80. The van der Waals surface area contributed by atoms with Gasteiger partial charge in [-0.05, 0) is 44.4 Å². The Labute approximate surface area is 136 Å². The monoisotopic (exact) mass is 349 g/mol. The number of halogens is 4. The maximum atomic E-state index is 14.0. The maximum absolute atomic E-state index is 14.0. The Morgan fingerprint density at radius 3 is 2.58 bits per heavy atom. The van der Waals surface area contributed by atoms with Crippen molar-refractivity contribution in [3.63, 3.8) is 0 Å². The molecule has 0 heterocycles. The Bertz CT molecular complexity index is 612. The molecule has 0 bridgehead atoms. The first-order valence-corrected chi connectivity index (χ1v) is 7.48. The molecule has 1 saturated carbocycles. The number of amides is 1. The quantitative estimate of drug-likeness (QED) is 0.774. The summed E-state index contributed by atoms with van der Waals surface area (Å²) >= 11 is 0. The third-order valence-corrected chi connectivity index (χ3v) is 4.13. The Morgan fingerprint density at radius 1 is 1.42 bits per heavy atom. The molecule has 0 radical (unpaired) electrons. The van der Waals surface area contributed by atoms with E-state index in [0.29, 0.717) is 5.56 Å². The van der Waals surface area contributed by atoms with Crippen molar-refractivity contribution in [3.8, 4) is 5.75 Å². The van der Waals surface area contributed by atoms with E-state index in [1.54, 1.807) is 6.92 Å². The molecule has 4 nitrogen and oxygen atoms in total. The first-order chi connectivity index (χ1) is 10.9. The first kappa shape index (κ1) is 18.5. The highest BCUT2D eigenvalue weighted by Gasteiger charge is 2.58. The Balaban J connectivity index is 1.98. The summed E-state index contributed by atoms with van der Waals surface area (Å²) in [6.07, 6.45) is -4.81. The molecule has 1 amide bonds. The van der Waals surface area contributed by atoms with Gasteiger partial charge in [0.15, 0.2) is 0 Å². The predicted octanol–water partition coefficient (Wildman–Crippen LogP) is 3.41. The number of nitrogens with one attached hydrogen (secondary N) is 1. The summed E-state index contributed by atoms with van der Waals surface area (Å²) in [5.41, 5.74) is -3.11. The van der Waals surface area contributed by atoms with Crippen LogP contribution in [0.25, 0.3) is 0 Å². The Morgan fingerprint density at radius 2 is 2.04 bits per heavy atom. The lowest BCUT2D eigenvalue weighted by Gasteiger charge is -2.27. The average molecular weight is 349 g/mol. The molecule has 1 aliphatic rings. The van der Waals surface area contributed by atoms with Crippen LogP contribution < -0.4 is 10.1 Å². The lowest BCUT2D eigenvalue weighted by atomic mass is 9.93. The summed E-state index contributed by atoms with van der Waals surface area (Å²) in [6, 6.07) is 4.59. The molecular formula is C16H19F4NO3. The van der Waals surface area contributed by atoms with E-state index in [1.165, 1.54) is 19.1 Å². The van der Waals surface area contributed by atoms with Crippen LogP contribution in [0.3, 0.4) is 0 Å². The standard InChI is InChI=1S/C16H19F4NO3/c1-10(11-4-3-5-12(8-11)24-16(18,19)20)21-13(22)9-14(2,23)15(17)6-7-15/h3-5,8,10,23H,6-7,9H2,1-2H3,(H,21,22)/t10-,14+/m0/s1. The Kier molecular flexibility index (Phi) is 4.81. The topological polar surface area (TPSA) is 58.6 Å². The van der Waals surface area contributed by atoms with Gasteiger partial charge in [0.05, 0.1) is 12.5 Å². The van der Waals surface area contributed by atoms with Crippen LogP contribution in [-0.2, 0) is 4.79 Å². The van der Waals surface area contributed by atoms with Crippen LogP contribution in [0.5, 0.6) is 5.75 Å². The molecule has 2 rings (SSSR count). The van der Waals surface area contributed by atoms with Gasteiger partial charge < -0.3 is 15.2 Å². The second-order valence-electron chi connectivity index (χ2n) is 6.33. The van der Waals surface area contributed by atoms with Gasteiger partial charge in [0.25, 0.3) is 0 Å². The normalized spacial score (nSPS) is 20.0. The van der Waals surface area contributed by atoms with Crippen LogP contribution in [0.15, 0.2) is 24.3 Å². The number of ether oxygens (including phenoxy) is 1. The van der Waals surface area contributed by atoms with Crippen LogP contribution in [0, 0.1) is 0 Å². The largest absolute Gasteiger partial charge is 0.573 e. The molecule has 0 spiro atoms. The van der Waals surface area contributed by atoms with E-state index in [2.05, 4.69) is 10.1 Å². The van der Waals surface area contributed by atoms with Crippen LogP contribution in [0.4, 0.5) is 17.6 Å². The highest BCUT2D eigenvalue weighted by molar-refractivity contribution is 5.77. The maximum Gasteiger partial charge on any atom is 0.573 e. The van der Waals surface area contributed by atoms with E-state index < -0.39 is 41.8 Å². The highest BCUT2D eigenvalue weighted by atomic mass is 19.4. The van der Waals surface area contributed by atoms with Crippen molar-refractivity contribution in [2.75, 3.05) is 0 Å². The van der Waals surface area contributed by atoms with Crippen LogP contribution in [0.1, 0.15) is 44.7 Å². The van der Waals surface area contributed by atoms with Crippen LogP contribution in [0.2, 0.25) is 0 Å². The zero-order chi connectivity index (χ0) is 18.2. The minimum Gasteiger partial charge on any atom is -0.406 e. The van der Waals surface area contributed by atoms with Gasteiger partial charge in [0.1, 0.15) is 17.0 Å². The van der Waals surface area contributed by atoms with Crippen molar-refractivity contribution in [2.24, 2.45) is 0 Å². The van der Waals surface area contributed by atoms with Crippen molar-refractivity contribution in [3.05, 3.63) is 29.8 Å². The highest BCUT2D eigenvalue weighted by Crippen LogP contribution is 2.49. The summed E-state index contributed by atoms with van der Waals surface area (Å²) in [7, 11) is 0. The van der Waals surface area contributed by atoms with Gasteiger partial charge in [0.2, 0.25) is 5.91 Å². The number of carbonyl (C=O) groups is 1. The fraction of sp³-hybridized carbons (Fsp3) is 0.562. The number of hydrogen-bond acceptors (Lipinski definition) is 3. The molecule has 1 aliphatic carbocycles. The van der Waals surface area contributed by atoms with Gasteiger partial charge in [-0.1, -0.05) is 12.1 Å². The van der Waals surface area contributed by atoms with Gasteiger partial charge in [-0.25, -0.2) is 4.39 Å². The molecule has 24 heavy (non-hydrogen) atoms. The molecule has 1 fully saturated rings. The molecule has 0 aromatic heterocycles. The molecule has 0 unspecified atom stereocenters. The minimum absolute atomic E-state index is 0.208. The van der Waals surface area contributed by atoms with E-state index in [4.69, 9.17) is 0 Å². The molecule has 1 aromatic rings. The number of benzene rings is 1. The molecule has 2 atom stereocenters. The van der Waals surface area contributed by atoms with Crippen LogP contribution in [-0.4, -0.2) is 28.6 Å². The van der Waals surface area contributed by atoms with E-state index in [-0.39, 0.29) is 12.8 Å². The van der Waals surface area contributed by atoms with Gasteiger partial charge in [-0.15, -0.1) is 13.2 Å². The zero-order valence-corrected chi connectivity index (χ0v) is 13.3. The third-order valence-electron chi connectivity index (χ3n) is 4.13. The summed E-state index contributed by atoms with van der Waals surface area (Å²) < 4.78 is 54.5. The number of hydrogen-bond donors (Lipinski definition) is 2. The zero-order valence-electron chi connectivity index (χ0n) is 13.3. The number of alkyl halides is 4. The molecule has 2 N–H and O–H groups in total. The first-order valence-electron chi connectivity index (χ1n) is 7.48. The fourth-order valence-electron chi connectivity index (χ4n) is 2.48. The van der Waals surface area contributed by atoms with Gasteiger partial charge in [-0.3, -0.25) is 4.79 Å². The predicted molar refractivity (Wildman–Crippen MR) is 78.0 cm³/mol. The molecule has 0 aliphatic heterocycles. The summed E-state index contributed by atoms with van der Waals surface area (Å²) in [4.78, 5) is 12.0. The van der Waals surface area contributed by atoms with Crippen molar-refractivity contribution in [1.29, 1.82) is 0 Å². The van der Waals surface area contributed by atoms with Gasteiger partial charge in [-0.2, -0.15) is 0 Å². The third kappa shape index (κ3) is 4.59. The van der Waals surface area contributed by atoms with Gasteiger partial charge >= 0.3 is 6.36 Å². The van der Waals surface area contributed by atoms with Crippen molar-refractivity contribution in [2.45, 2.75) is 56.8 Å². The summed E-state index contributed by atoms with van der Waals surface area (Å²) in [5.74, 6) is -0.979. The van der Waals surface area contributed by atoms with E-state index in [9.17, 15) is 27.5 Å². The molecule has 1 aromatic carbocycles. The number of carbonyl (C=O) groups excluding carboxylic acids is 1. The van der Waals surface area contributed by atoms with Crippen molar-refractivity contribution >= 4 is 5.91 Å². The average Bonchev–Trinajstić information content (AvgIpc) is 3.16. The number of aliphatic hydroxyl groups is 1. The number of rotatable bonds is 6. The van der Waals surface area contributed by atoms with Gasteiger partial charge in [0, 0.05) is 0 Å². The van der Waals surface area contributed by atoms with Crippen molar-refractivity contribution in [1.82, 2.24) is 5.32 Å². The lowest BCUT2D eigenvalue weighted by Crippen LogP contribution is -2.43. The molecule has 8 heteroatoms. The summed E-state index contributed by atoms with van der Waals surface area (Å²) in [5, 5.41) is 12.6. The SMILES string of the molecule is C[C@H](NC(=O)C[C@@](C)(O)C1(F)CC1)c1cccc(OC(F)(F)F)c1. The van der Waals surface area contributed by atoms with E-state index in [0.717, 1.165) is 12.1 Å². The smallest absolute Gasteiger partial charge is 0.406 e. The fourth-order valence-corrected chi connectivity index (χ4v) is 2.48. The van der Waals surface area contributed by atoms with Crippen molar-refractivity contribution < 1.29 is 32.2 Å². The lowest BCUT2D eigenvalue weighted by molar-refractivity contribution is -0.274. The van der Waals surface area contributed by atoms with Crippen LogP contribution >= 0.6 is 0 Å². The second kappa shape index (κ2) is 6.23. The molecule has 134 valence electrons. The van der Waals surface area contributed by atoms with E-state index >= 15 is 0 Å². The van der Waals surface area contributed by atoms with E-state index in [1.807, 2.05) is 0 Å².